The number of hydrogen-bond donors (Lipinski definition) is 0. The molecule has 0 aliphatic carbocycles. The summed E-state index contributed by atoms with van der Waals surface area (Å²) in [5.74, 6) is 0. The summed E-state index contributed by atoms with van der Waals surface area (Å²) in [5, 5.41) is 21.6. The minimum Gasteiger partial charge on any atom is -0.429 e. The van der Waals surface area contributed by atoms with Crippen molar-refractivity contribution in [1.29, 1.82) is 0 Å². The van der Waals surface area contributed by atoms with E-state index in [4.69, 9.17) is 9.47 Å². The fraction of sp³-hybridized carbons (Fsp3) is 0.0741. The minimum atomic E-state index is -0.797. The van der Waals surface area contributed by atoms with Gasteiger partial charge in [0.25, 0.3) is 11.4 Å². The molecule has 9 nitrogen and oxygen atoms in total. The molecule has 0 aliphatic rings. The van der Waals surface area contributed by atoms with Crippen molar-refractivity contribution in [3.63, 3.8) is 0 Å². The van der Waals surface area contributed by atoms with Crippen LogP contribution in [-0.4, -0.2) is 16.0 Å². The molecule has 0 aromatic heterocycles. The second-order valence-electron chi connectivity index (χ2n) is 7.83. The largest absolute Gasteiger partial charge is 0.508 e. The highest BCUT2D eigenvalue weighted by Gasteiger charge is 2.09. The highest BCUT2D eigenvalue weighted by Crippen LogP contribution is 2.24. The Morgan fingerprint density at radius 2 is 0.806 bits per heavy atom. The third kappa shape index (κ3) is 6.09. The van der Waals surface area contributed by atoms with E-state index >= 15 is 0 Å². The molecule has 4 rings (SSSR count). The highest BCUT2D eigenvalue weighted by atomic mass is 16.7. The number of nitro groups is 2. The van der Waals surface area contributed by atoms with Gasteiger partial charge in [0.15, 0.2) is 0 Å². The van der Waals surface area contributed by atoms with Crippen LogP contribution in [0.15, 0.2) is 97.1 Å². The Balaban J connectivity index is 1.25. The number of rotatable bonds is 8. The molecule has 0 N–H and O–H groups in total. The summed E-state index contributed by atoms with van der Waals surface area (Å²) in [4.78, 5) is 32.7. The van der Waals surface area contributed by atoms with E-state index in [-0.39, 0.29) is 24.6 Å². The first-order valence-corrected chi connectivity index (χ1v) is 10.9. The van der Waals surface area contributed by atoms with Crippen LogP contribution in [0.25, 0.3) is 22.3 Å². The molecule has 4 aromatic rings. The first kappa shape index (κ1) is 24.1. The summed E-state index contributed by atoms with van der Waals surface area (Å²) in [7, 11) is 0. The molecule has 4 aromatic carbocycles. The summed E-state index contributed by atoms with van der Waals surface area (Å²) >= 11 is 0. The number of nitro benzene ring substituents is 2. The first-order valence-electron chi connectivity index (χ1n) is 10.9. The van der Waals surface area contributed by atoms with E-state index in [0.29, 0.717) is 0 Å². The Morgan fingerprint density at radius 3 is 1.08 bits per heavy atom. The summed E-state index contributed by atoms with van der Waals surface area (Å²) in [5.41, 5.74) is 5.04. The van der Waals surface area contributed by atoms with Crippen molar-refractivity contribution in [3.8, 4) is 22.3 Å². The smallest absolute Gasteiger partial charge is 0.429 e. The number of hydrogen-bond acceptors (Lipinski definition) is 7. The standard InChI is InChI=1S/C27H20N2O7/c30-27(35-17-19-1-5-21(6-2-19)23-9-13-25(14-10-23)28(31)32)36-18-20-3-7-22(8-4-20)24-11-15-26(16-12-24)29(33)34/h1-16H,17-18H2. The van der Waals surface area contributed by atoms with Gasteiger partial charge in [0.05, 0.1) is 9.85 Å². The molecule has 0 bridgehead atoms. The maximum Gasteiger partial charge on any atom is 0.508 e. The van der Waals surface area contributed by atoms with Crippen LogP contribution in [0.2, 0.25) is 0 Å². The Hall–Kier alpha value is -5.05. The Bertz CT molecular complexity index is 1260. The average molecular weight is 484 g/mol. The number of carbonyl (C=O) groups is 1. The van der Waals surface area contributed by atoms with Crippen molar-refractivity contribution in [2.75, 3.05) is 0 Å². The lowest BCUT2D eigenvalue weighted by Gasteiger charge is -2.08. The first-order chi connectivity index (χ1) is 17.4. The lowest BCUT2D eigenvalue weighted by atomic mass is 10.0. The lowest BCUT2D eigenvalue weighted by Crippen LogP contribution is -2.07. The molecule has 9 heteroatoms. The monoisotopic (exact) mass is 484 g/mol. The molecular formula is C27H20N2O7. The van der Waals surface area contributed by atoms with E-state index < -0.39 is 16.0 Å². The highest BCUT2D eigenvalue weighted by molar-refractivity contribution is 5.66. The van der Waals surface area contributed by atoms with Crippen molar-refractivity contribution in [3.05, 3.63) is 128 Å². The molecule has 0 saturated heterocycles. The number of benzene rings is 4. The third-order valence-electron chi connectivity index (χ3n) is 5.44. The van der Waals surface area contributed by atoms with E-state index in [0.717, 1.165) is 33.4 Å². The number of carbonyl (C=O) groups excluding carboxylic acids is 1. The van der Waals surface area contributed by atoms with Gasteiger partial charge in [0.1, 0.15) is 13.2 Å². The molecule has 0 saturated carbocycles. The maximum atomic E-state index is 12.0. The normalized spacial score (nSPS) is 10.4. The van der Waals surface area contributed by atoms with Gasteiger partial charge in [-0.25, -0.2) is 4.79 Å². The number of ether oxygens (including phenoxy) is 2. The van der Waals surface area contributed by atoms with Crippen LogP contribution in [0, 0.1) is 20.2 Å². The second-order valence-corrected chi connectivity index (χ2v) is 7.83. The molecule has 0 unspecified atom stereocenters. The van der Waals surface area contributed by atoms with E-state index in [9.17, 15) is 25.0 Å². The molecule has 0 spiro atoms. The van der Waals surface area contributed by atoms with Gasteiger partial charge >= 0.3 is 6.16 Å². The zero-order valence-electron chi connectivity index (χ0n) is 18.9. The van der Waals surface area contributed by atoms with Crippen molar-refractivity contribution >= 4 is 17.5 Å². The summed E-state index contributed by atoms with van der Waals surface area (Å²) < 4.78 is 10.3. The van der Waals surface area contributed by atoms with E-state index in [1.54, 1.807) is 48.5 Å². The van der Waals surface area contributed by atoms with Gasteiger partial charge in [-0.1, -0.05) is 48.5 Å². The van der Waals surface area contributed by atoms with Gasteiger partial charge in [-0.3, -0.25) is 20.2 Å². The molecule has 0 fully saturated rings. The van der Waals surface area contributed by atoms with Gasteiger partial charge in [0.2, 0.25) is 0 Å². The molecule has 180 valence electrons. The van der Waals surface area contributed by atoms with Gasteiger partial charge < -0.3 is 9.47 Å². The van der Waals surface area contributed by atoms with Crippen LogP contribution < -0.4 is 0 Å². The van der Waals surface area contributed by atoms with Gasteiger partial charge in [0, 0.05) is 24.3 Å². The van der Waals surface area contributed by atoms with E-state index in [1.165, 1.54) is 24.3 Å². The molecule has 0 heterocycles. The molecule has 0 aliphatic heterocycles. The zero-order valence-corrected chi connectivity index (χ0v) is 18.9. The van der Waals surface area contributed by atoms with Gasteiger partial charge in [-0.15, -0.1) is 0 Å². The van der Waals surface area contributed by atoms with Gasteiger partial charge in [-0.05, 0) is 57.6 Å². The SMILES string of the molecule is O=C(OCc1ccc(-c2ccc([N+](=O)[O-])cc2)cc1)OCc1ccc(-c2ccc([N+](=O)[O-])cc2)cc1. The fourth-order valence-electron chi connectivity index (χ4n) is 3.46. The summed E-state index contributed by atoms with van der Waals surface area (Å²) in [6.07, 6.45) is -0.797. The van der Waals surface area contributed by atoms with Crippen LogP contribution in [0.1, 0.15) is 11.1 Å². The van der Waals surface area contributed by atoms with Crippen LogP contribution in [0.3, 0.4) is 0 Å². The topological polar surface area (TPSA) is 122 Å². The Kier molecular flexibility index (Phi) is 7.30. The van der Waals surface area contributed by atoms with E-state index in [1.807, 2.05) is 24.3 Å². The third-order valence-corrected chi connectivity index (χ3v) is 5.44. The summed E-state index contributed by atoms with van der Waals surface area (Å²) in [6, 6.07) is 27.1. The predicted octanol–water partition coefficient (Wildman–Crippen LogP) is 6.69. The van der Waals surface area contributed by atoms with E-state index in [2.05, 4.69) is 0 Å². The molecule has 0 amide bonds. The molecule has 0 atom stereocenters. The second kappa shape index (κ2) is 10.9. The quantitative estimate of drug-likeness (QED) is 0.155. The fourth-order valence-corrected chi connectivity index (χ4v) is 3.46. The Morgan fingerprint density at radius 1 is 0.528 bits per heavy atom. The summed E-state index contributed by atoms with van der Waals surface area (Å²) in [6.45, 7) is 0.0803. The maximum absolute atomic E-state index is 12.0. The lowest BCUT2D eigenvalue weighted by molar-refractivity contribution is -0.385. The van der Waals surface area contributed by atoms with Crippen molar-refractivity contribution < 1.29 is 24.1 Å². The average Bonchev–Trinajstić information content (AvgIpc) is 2.91. The van der Waals surface area contributed by atoms with Crippen molar-refractivity contribution in [2.45, 2.75) is 13.2 Å². The van der Waals surface area contributed by atoms with Crippen LogP contribution in [0.4, 0.5) is 16.2 Å². The number of non-ortho nitro benzene ring substituents is 2. The van der Waals surface area contributed by atoms with Crippen LogP contribution in [-0.2, 0) is 22.7 Å². The van der Waals surface area contributed by atoms with Crippen LogP contribution >= 0.6 is 0 Å². The van der Waals surface area contributed by atoms with Crippen molar-refractivity contribution in [1.82, 2.24) is 0 Å². The Labute approximate surface area is 205 Å². The molecular weight excluding hydrogens is 464 g/mol. The van der Waals surface area contributed by atoms with Gasteiger partial charge in [-0.2, -0.15) is 0 Å². The minimum absolute atomic E-state index is 0.0303. The molecule has 0 radical (unpaired) electrons. The number of nitrogens with zero attached hydrogens (tertiary/aromatic N) is 2. The molecule has 36 heavy (non-hydrogen) atoms. The van der Waals surface area contributed by atoms with Crippen LogP contribution in [0.5, 0.6) is 0 Å². The van der Waals surface area contributed by atoms with Crippen molar-refractivity contribution in [2.24, 2.45) is 0 Å². The zero-order chi connectivity index (χ0) is 25.5. The predicted molar refractivity (Wildman–Crippen MR) is 132 cm³/mol.